The van der Waals surface area contributed by atoms with E-state index in [1.54, 1.807) is 0 Å². The minimum Gasteiger partial charge on any atom is -0.508 e. The summed E-state index contributed by atoms with van der Waals surface area (Å²) in [6.07, 6.45) is 1.53. The Labute approximate surface area is 144 Å². The number of aryl methyl sites for hydroxylation is 1. The van der Waals surface area contributed by atoms with Gasteiger partial charge in [-0.15, -0.1) is 0 Å². The summed E-state index contributed by atoms with van der Waals surface area (Å²) in [5.74, 6) is -0.0918. The second-order valence-electron chi connectivity index (χ2n) is 6.02. The van der Waals surface area contributed by atoms with Crippen molar-refractivity contribution in [2.45, 2.75) is 44.8 Å². The lowest BCUT2D eigenvalue weighted by Crippen LogP contribution is -2.43. The van der Waals surface area contributed by atoms with Crippen molar-refractivity contribution in [3.05, 3.63) is 39.6 Å². The summed E-state index contributed by atoms with van der Waals surface area (Å²) in [5, 5.41) is 10.9. The van der Waals surface area contributed by atoms with E-state index >= 15 is 0 Å². The SMILES string of the molecule is CCOCC12CCC(O1)C(=O)C(c1ccc(Br)cc1CC)=C2O. The van der Waals surface area contributed by atoms with Crippen molar-refractivity contribution in [2.75, 3.05) is 13.2 Å². The van der Waals surface area contributed by atoms with E-state index in [2.05, 4.69) is 15.9 Å². The van der Waals surface area contributed by atoms with Gasteiger partial charge in [-0.1, -0.05) is 28.9 Å². The first-order chi connectivity index (χ1) is 11.0. The highest BCUT2D eigenvalue weighted by atomic mass is 79.9. The van der Waals surface area contributed by atoms with Crippen molar-refractivity contribution in [3.63, 3.8) is 0 Å². The van der Waals surface area contributed by atoms with Crippen LogP contribution >= 0.6 is 15.9 Å². The predicted octanol–water partition coefficient (Wildman–Crippen LogP) is 3.82. The number of aliphatic hydroxyl groups is 1. The monoisotopic (exact) mass is 380 g/mol. The predicted molar refractivity (Wildman–Crippen MR) is 91.4 cm³/mol. The average molecular weight is 381 g/mol. The molecular weight excluding hydrogens is 360 g/mol. The summed E-state index contributed by atoms with van der Waals surface area (Å²) in [4.78, 5) is 12.8. The van der Waals surface area contributed by atoms with Crippen LogP contribution in [0.4, 0.5) is 0 Å². The van der Waals surface area contributed by atoms with Crippen molar-refractivity contribution >= 4 is 27.3 Å². The average Bonchev–Trinajstić information content (AvgIpc) is 2.95. The molecule has 2 atom stereocenters. The van der Waals surface area contributed by atoms with Crippen molar-refractivity contribution in [2.24, 2.45) is 0 Å². The Balaban J connectivity index is 2.13. The lowest BCUT2D eigenvalue weighted by molar-refractivity contribution is -0.138. The van der Waals surface area contributed by atoms with Crippen LogP contribution < -0.4 is 0 Å². The molecule has 1 aromatic carbocycles. The van der Waals surface area contributed by atoms with E-state index in [9.17, 15) is 9.90 Å². The molecule has 1 N–H and O–H groups in total. The lowest BCUT2D eigenvalue weighted by atomic mass is 9.88. The molecule has 0 saturated carbocycles. The Morgan fingerprint density at radius 1 is 1.43 bits per heavy atom. The maximum Gasteiger partial charge on any atom is 0.195 e. The smallest absolute Gasteiger partial charge is 0.195 e. The summed E-state index contributed by atoms with van der Waals surface area (Å²) in [6.45, 7) is 4.77. The standard InChI is InChI=1S/C18H21BrO4/c1-3-11-9-12(19)5-6-13(11)15-16(20)14-7-8-18(23-14,17(15)21)10-22-4-2/h5-6,9,14,21H,3-4,7-8,10H2,1-2H3. The number of hydrogen-bond donors (Lipinski definition) is 1. The number of rotatable bonds is 5. The van der Waals surface area contributed by atoms with Crippen LogP contribution in [0.2, 0.25) is 0 Å². The van der Waals surface area contributed by atoms with E-state index in [0.717, 1.165) is 22.0 Å². The van der Waals surface area contributed by atoms with Gasteiger partial charge in [0.1, 0.15) is 17.5 Å². The molecular formula is C18H21BrO4. The van der Waals surface area contributed by atoms with Gasteiger partial charge in [0.05, 0.1) is 12.2 Å². The number of hydrogen-bond acceptors (Lipinski definition) is 4. The van der Waals surface area contributed by atoms with Crippen molar-refractivity contribution in [3.8, 4) is 0 Å². The quantitative estimate of drug-likeness (QED) is 0.843. The third kappa shape index (κ3) is 2.75. The number of benzene rings is 1. The van der Waals surface area contributed by atoms with E-state index in [-0.39, 0.29) is 18.1 Å². The second-order valence-corrected chi connectivity index (χ2v) is 6.94. The van der Waals surface area contributed by atoms with E-state index in [1.807, 2.05) is 32.0 Å². The number of aliphatic hydroxyl groups excluding tert-OH is 1. The van der Waals surface area contributed by atoms with Gasteiger partial charge in [0.15, 0.2) is 5.78 Å². The van der Waals surface area contributed by atoms with Crippen LogP contribution in [0.5, 0.6) is 0 Å². The normalized spacial score (nSPS) is 26.9. The third-order valence-corrected chi connectivity index (χ3v) is 5.14. The van der Waals surface area contributed by atoms with Gasteiger partial charge in [-0.05, 0) is 49.4 Å². The van der Waals surface area contributed by atoms with Crippen molar-refractivity contribution < 1.29 is 19.4 Å². The van der Waals surface area contributed by atoms with Crippen LogP contribution in [-0.2, 0) is 20.7 Å². The number of fused-ring (bicyclic) bond motifs is 2. The molecule has 2 aliphatic heterocycles. The van der Waals surface area contributed by atoms with Gasteiger partial charge in [-0.2, -0.15) is 0 Å². The molecule has 23 heavy (non-hydrogen) atoms. The van der Waals surface area contributed by atoms with Gasteiger partial charge < -0.3 is 14.6 Å². The first kappa shape index (κ1) is 16.7. The van der Waals surface area contributed by atoms with Crippen LogP contribution in [0.1, 0.15) is 37.8 Å². The number of ketones is 1. The van der Waals surface area contributed by atoms with Gasteiger partial charge in [0.25, 0.3) is 0 Å². The zero-order valence-corrected chi connectivity index (χ0v) is 15.0. The molecule has 1 saturated heterocycles. The molecule has 2 aliphatic rings. The molecule has 0 aliphatic carbocycles. The van der Waals surface area contributed by atoms with Gasteiger partial charge in [-0.25, -0.2) is 0 Å². The van der Waals surface area contributed by atoms with Gasteiger partial charge in [0, 0.05) is 11.1 Å². The van der Waals surface area contributed by atoms with E-state index in [1.165, 1.54) is 0 Å². The molecule has 0 radical (unpaired) electrons. The molecule has 2 heterocycles. The molecule has 2 bridgehead atoms. The minimum absolute atomic E-state index is 0.0294. The van der Waals surface area contributed by atoms with Crippen molar-refractivity contribution in [1.29, 1.82) is 0 Å². The second kappa shape index (κ2) is 6.38. The van der Waals surface area contributed by atoms with Crippen molar-refractivity contribution in [1.82, 2.24) is 0 Å². The number of ether oxygens (including phenoxy) is 2. The third-order valence-electron chi connectivity index (χ3n) is 4.64. The molecule has 5 heteroatoms. The van der Waals surface area contributed by atoms with Crippen LogP contribution in [-0.4, -0.2) is 35.8 Å². The summed E-state index contributed by atoms with van der Waals surface area (Å²) in [5.41, 5.74) is 1.36. The fourth-order valence-electron chi connectivity index (χ4n) is 3.42. The maximum atomic E-state index is 12.8. The highest BCUT2D eigenvalue weighted by Gasteiger charge is 2.53. The van der Waals surface area contributed by atoms with E-state index in [4.69, 9.17) is 9.47 Å². The Bertz CT molecular complexity index is 667. The Morgan fingerprint density at radius 3 is 2.91 bits per heavy atom. The molecule has 4 nitrogen and oxygen atoms in total. The molecule has 1 aromatic rings. The molecule has 0 aromatic heterocycles. The number of Topliss-reactive ketones (excluding diaryl/α,β-unsaturated/α-hetero) is 1. The van der Waals surface area contributed by atoms with E-state index < -0.39 is 11.7 Å². The Hall–Kier alpha value is -1.17. The Morgan fingerprint density at radius 2 is 2.22 bits per heavy atom. The molecule has 1 fully saturated rings. The van der Waals surface area contributed by atoms with Crippen LogP contribution in [0.3, 0.4) is 0 Å². The lowest BCUT2D eigenvalue weighted by Gasteiger charge is -2.34. The minimum atomic E-state index is -0.873. The number of halogens is 1. The first-order valence-electron chi connectivity index (χ1n) is 8.04. The summed E-state index contributed by atoms with van der Waals surface area (Å²) in [7, 11) is 0. The fraction of sp³-hybridized carbons (Fsp3) is 0.500. The molecule has 124 valence electrons. The van der Waals surface area contributed by atoms with Gasteiger partial charge in [-0.3, -0.25) is 4.79 Å². The van der Waals surface area contributed by atoms with Crippen LogP contribution in [0.15, 0.2) is 28.4 Å². The van der Waals surface area contributed by atoms with E-state index in [0.29, 0.717) is 25.0 Å². The highest BCUT2D eigenvalue weighted by Crippen LogP contribution is 2.46. The summed E-state index contributed by atoms with van der Waals surface area (Å²) < 4.78 is 12.4. The maximum absolute atomic E-state index is 12.8. The summed E-state index contributed by atoms with van der Waals surface area (Å²) in [6, 6.07) is 5.79. The van der Waals surface area contributed by atoms with Gasteiger partial charge in [0.2, 0.25) is 0 Å². The van der Waals surface area contributed by atoms with Crippen LogP contribution in [0, 0.1) is 0 Å². The molecule has 0 spiro atoms. The number of carbonyl (C=O) groups is 1. The van der Waals surface area contributed by atoms with Crippen LogP contribution in [0.25, 0.3) is 5.57 Å². The van der Waals surface area contributed by atoms with Gasteiger partial charge >= 0.3 is 0 Å². The Kier molecular flexibility index (Phi) is 4.63. The zero-order chi connectivity index (χ0) is 16.6. The topological polar surface area (TPSA) is 55.8 Å². The summed E-state index contributed by atoms with van der Waals surface area (Å²) >= 11 is 3.46. The largest absolute Gasteiger partial charge is 0.508 e. The zero-order valence-electron chi connectivity index (χ0n) is 13.4. The fourth-order valence-corrected chi connectivity index (χ4v) is 3.83. The molecule has 3 rings (SSSR count). The molecule has 2 unspecified atom stereocenters. The molecule has 0 amide bonds. The first-order valence-corrected chi connectivity index (χ1v) is 8.84. The number of carbonyl (C=O) groups excluding carboxylic acids is 1. The highest BCUT2D eigenvalue weighted by molar-refractivity contribution is 9.10.